The average molecular weight is 160 g/mol. The molecule has 0 amide bonds. The summed E-state index contributed by atoms with van der Waals surface area (Å²) in [5.74, 6) is 0. The van der Waals surface area contributed by atoms with Crippen LogP contribution in [0.1, 0.15) is 22.3 Å². The summed E-state index contributed by atoms with van der Waals surface area (Å²) >= 11 is 0. The first-order valence-electron chi connectivity index (χ1n) is 3.84. The smallest absolute Gasteiger partial charge is 0.101 e. The first-order valence-corrected chi connectivity index (χ1v) is 3.84. The Balaban J connectivity index is 3.52. The summed E-state index contributed by atoms with van der Waals surface area (Å²) in [5, 5.41) is 8.73. The van der Waals surface area contributed by atoms with Gasteiger partial charge in [-0.05, 0) is 43.5 Å². The van der Waals surface area contributed by atoms with E-state index in [1.165, 1.54) is 5.56 Å². The molecule has 0 radical (unpaired) electrons. The molecule has 0 bridgehead atoms. The molecule has 0 aromatic heterocycles. The molecule has 62 valence electrons. The molecule has 0 aliphatic carbocycles. The van der Waals surface area contributed by atoms with Crippen molar-refractivity contribution < 1.29 is 0 Å². The van der Waals surface area contributed by atoms with Gasteiger partial charge >= 0.3 is 0 Å². The second-order valence-corrected chi connectivity index (χ2v) is 3.02. The van der Waals surface area contributed by atoms with E-state index in [-0.39, 0.29) is 0 Å². The lowest BCUT2D eigenvalue weighted by Crippen LogP contribution is -1.98. The van der Waals surface area contributed by atoms with Gasteiger partial charge in [-0.15, -0.1) is 0 Å². The maximum atomic E-state index is 8.73. The first-order chi connectivity index (χ1) is 5.57. The molecule has 1 aromatic rings. The van der Waals surface area contributed by atoms with Crippen LogP contribution in [-0.2, 0) is 0 Å². The Morgan fingerprint density at radius 1 is 1.25 bits per heavy atom. The van der Waals surface area contributed by atoms with Gasteiger partial charge in [-0.1, -0.05) is 0 Å². The van der Waals surface area contributed by atoms with Crippen molar-refractivity contribution in [1.29, 1.82) is 5.26 Å². The van der Waals surface area contributed by atoms with Crippen molar-refractivity contribution in [2.75, 3.05) is 5.73 Å². The molecule has 0 atom stereocenters. The highest BCUT2D eigenvalue weighted by Gasteiger charge is 2.06. The fourth-order valence-corrected chi connectivity index (χ4v) is 1.19. The van der Waals surface area contributed by atoms with Crippen molar-refractivity contribution in [1.82, 2.24) is 0 Å². The van der Waals surface area contributed by atoms with Gasteiger partial charge in [0.1, 0.15) is 6.07 Å². The van der Waals surface area contributed by atoms with Crippen LogP contribution in [0.5, 0.6) is 0 Å². The molecule has 0 spiro atoms. The number of rotatable bonds is 0. The largest absolute Gasteiger partial charge is 0.397 e. The number of nitrogens with zero attached hydrogens (tertiary/aromatic N) is 1. The predicted molar refractivity (Wildman–Crippen MR) is 49.8 cm³/mol. The van der Waals surface area contributed by atoms with E-state index in [1.807, 2.05) is 26.8 Å². The van der Waals surface area contributed by atoms with E-state index in [1.54, 1.807) is 0 Å². The lowest BCUT2D eigenvalue weighted by Gasteiger charge is -2.08. The number of hydrogen-bond donors (Lipinski definition) is 1. The maximum Gasteiger partial charge on any atom is 0.101 e. The van der Waals surface area contributed by atoms with Crippen LogP contribution >= 0.6 is 0 Å². The molecule has 12 heavy (non-hydrogen) atoms. The van der Waals surface area contributed by atoms with Crippen LogP contribution in [0.4, 0.5) is 5.69 Å². The average Bonchev–Trinajstić information content (AvgIpc) is 2.08. The van der Waals surface area contributed by atoms with Crippen molar-refractivity contribution in [2.24, 2.45) is 0 Å². The van der Waals surface area contributed by atoms with Crippen LogP contribution in [0, 0.1) is 32.1 Å². The molecule has 0 heterocycles. The normalized spacial score (nSPS) is 9.50. The molecule has 2 nitrogen and oxygen atoms in total. The summed E-state index contributed by atoms with van der Waals surface area (Å²) in [6.07, 6.45) is 0. The molecule has 0 saturated heterocycles. The quantitative estimate of drug-likeness (QED) is 0.590. The third-order valence-corrected chi connectivity index (χ3v) is 2.33. The molecule has 1 rings (SSSR count). The number of nitrogens with two attached hydrogens (primary N) is 1. The number of nitrogen functional groups attached to an aromatic ring is 1. The van der Waals surface area contributed by atoms with Gasteiger partial charge in [-0.3, -0.25) is 0 Å². The van der Waals surface area contributed by atoms with Gasteiger partial charge < -0.3 is 5.73 Å². The van der Waals surface area contributed by atoms with Crippen molar-refractivity contribution in [2.45, 2.75) is 20.8 Å². The molecule has 2 N–H and O–H groups in total. The Kier molecular flexibility index (Phi) is 2.05. The minimum Gasteiger partial charge on any atom is -0.397 e. The fraction of sp³-hybridized carbons (Fsp3) is 0.300. The molecular weight excluding hydrogens is 148 g/mol. The van der Waals surface area contributed by atoms with Crippen LogP contribution in [0.25, 0.3) is 0 Å². The Hall–Kier alpha value is -1.49. The highest BCUT2D eigenvalue weighted by molar-refractivity contribution is 5.63. The number of benzene rings is 1. The topological polar surface area (TPSA) is 49.8 Å². The third-order valence-electron chi connectivity index (χ3n) is 2.33. The lowest BCUT2D eigenvalue weighted by atomic mass is 9.99. The molecule has 0 aliphatic rings. The van der Waals surface area contributed by atoms with E-state index in [0.29, 0.717) is 11.3 Å². The Morgan fingerprint density at radius 3 is 2.33 bits per heavy atom. The summed E-state index contributed by atoms with van der Waals surface area (Å²) in [6, 6.07) is 3.91. The zero-order valence-electron chi connectivity index (χ0n) is 7.60. The van der Waals surface area contributed by atoms with Gasteiger partial charge in [0.05, 0.1) is 11.3 Å². The third kappa shape index (κ3) is 1.14. The number of hydrogen-bond acceptors (Lipinski definition) is 2. The van der Waals surface area contributed by atoms with E-state index in [9.17, 15) is 0 Å². The molecule has 1 aromatic carbocycles. The molecule has 0 unspecified atom stereocenters. The lowest BCUT2D eigenvalue weighted by molar-refractivity contribution is 1.26. The van der Waals surface area contributed by atoms with Gasteiger partial charge in [0.15, 0.2) is 0 Å². The van der Waals surface area contributed by atoms with Crippen LogP contribution in [0.3, 0.4) is 0 Å². The van der Waals surface area contributed by atoms with Gasteiger partial charge in [-0.2, -0.15) is 5.26 Å². The second kappa shape index (κ2) is 2.86. The SMILES string of the molecule is Cc1cc(C#N)c(N)c(C)c1C. The Bertz CT molecular complexity index is 359. The monoisotopic (exact) mass is 160 g/mol. The maximum absolute atomic E-state index is 8.73. The minimum atomic E-state index is 0.579. The van der Waals surface area contributed by atoms with Gasteiger partial charge in [0.25, 0.3) is 0 Å². The Morgan fingerprint density at radius 2 is 1.83 bits per heavy atom. The molecule has 0 saturated carbocycles. The van der Waals surface area contributed by atoms with Gasteiger partial charge in [-0.25, -0.2) is 0 Å². The van der Waals surface area contributed by atoms with E-state index in [2.05, 4.69) is 6.07 Å². The van der Waals surface area contributed by atoms with Crippen molar-refractivity contribution >= 4 is 5.69 Å². The summed E-state index contributed by atoms with van der Waals surface area (Å²) < 4.78 is 0. The minimum absolute atomic E-state index is 0.579. The number of nitriles is 1. The molecule has 2 heteroatoms. The fourth-order valence-electron chi connectivity index (χ4n) is 1.19. The van der Waals surface area contributed by atoms with Crippen LogP contribution < -0.4 is 5.73 Å². The highest BCUT2D eigenvalue weighted by Crippen LogP contribution is 2.22. The van der Waals surface area contributed by atoms with Gasteiger partial charge in [0.2, 0.25) is 0 Å². The summed E-state index contributed by atoms with van der Waals surface area (Å²) in [4.78, 5) is 0. The van der Waals surface area contributed by atoms with E-state index < -0.39 is 0 Å². The van der Waals surface area contributed by atoms with Crippen molar-refractivity contribution in [3.05, 3.63) is 28.3 Å². The number of anilines is 1. The van der Waals surface area contributed by atoms with E-state index in [4.69, 9.17) is 11.0 Å². The molecular formula is C10H12N2. The Labute approximate surface area is 72.6 Å². The zero-order chi connectivity index (χ0) is 9.30. The summed E-state index contributed by atoms with van der Waals surface area (Å²) in [5.41, 5.74) is 10.2. The predicted octanol–water partition coefficient (Wildman–Crippen LogP) is 2.07. The van der Waals surface area contributed by atoms with Crippen LogP contribution in [0.15, 0.2) is 6.07 Å². The molecule has 0 aliphatic heterocycles. The van der Waals surface area contributed by atoms with Crippen LogP contribution in [0.2, 0.25) is 0 Å². The second-order valence-electron chi connectivity index (χ2n) is 3.02. The van der Waals surface area contributed by atoms with Crippen molar-refractivity contribution in [3.8, 4) is 6.07 Å². The van der Waals surface area contributed by atoms with Crippen molar-refractivity contribution in [3.63, 3.8) is 0 Å². The van der Waals surface area contributed by atoms with Gasteiger partial charge in [0, 0.05) is 0 Å². The van der Waals surface area contributed by atoms with Crippen LogP contribution in [-0.4, -0.2) is 0 Å². The van der Waals surface area contributed by atoms with E-state index >= 15 is 0 Å². The summed E-state index contributed by atoms with van der Waals surface area (Å²) in [7, 11) is 0. The summed E-state index contributed by atoms with van der Waals surface area (Å²) in [6.45, 7) is 5.95. The number of aryl methyl sites for hydroxylation is 1. The van der Waals surface area contributed by atoms with E-state index in [0.717, 1.165) is 11.1 Å². The highest BCUT2D eigenvalue weighted by atomic mass is 14.6. The first kappa shape index (κ1) is 8.61. The zero-order valence-corrected chi connectivity index (χ0v) is 7.60. The standard InChI is InChI=1S/C10H12N2/c1-6-4-9(5-11)10(12)8(3)7(6)2/h4H,12H2,1-3H3. The molecule has 0 fully saturated rings.